The molecule has 2 aromatic rings. The number of hydrogen-bond donors (Lipinski definition) is 3. The lowest BCUT2D eigenvalue weighted by atomic mass is 9.87. The topological polar surface area (TPSA) is 66.3 Å². The average molecular weight is 329 g/mol. The highest BCUT2D eigenvalue weighted by molar-refractivity contribution is 5.93. The number of aromatic nitrogens is 1. The van der Waals surface area contributed by atoms with Gasteiger partial charge in [-0.25, -0.2) is 4.79 Å². The highest BCUT2D eigenvalue weighted by Gasteiger charge is 2.21. The van der Waals surface area contributed by atoms with Crippen molar-refractivity contribution in [3.8, 4) is 0 Å². The molecule has 2 amide bonds. The largest absolute Gasteiger partial charge is 0.396 e. The second-order valence-corrected chi connectivity index (χ2v) is 6.78. The number of aliphatic hydroxyl groups excluding tert-OH is 1. The van der Waals surface area contributed by atoms with E-state index in [4.69, 9.17) is 0 Å². The fourth-order valence-corrected chi connectivity index (χ4v) is 3.56. The van der Waals surface area contributed by atoms with Gasteiger partial charge in [-0.1, -0.05) is 6.92 Å². The molecule has 1 aromatic carbocycles. The molecule has 1 heterocycles. The fraction of sp³-hybridized carbons (Fsp3) is 0.526. The highest BCUT2D eigenvalue weighted by atomic mass is 16.3. The molecule has 0 bridgehead atoms. The van der Waals surface area contributed by atoms with E-state index in [0.29, 0.717) is 5.92 Å². The average Bonchev–Trinajstić information content (AvgIpc) is 2.98. The first kappa shape index (κ1) is 16.8. The van der Waals surface area contributed by atoms with Gasteiger partial charge in [0.1, 0.15) is 0 Å². The van der Waals surface area contributed by atoms with Crippen molar-refractivity contribution in [3.63, 3.8) is 0 Å². The summed E-state index contributed by atoms with van der Waals surface area (Å²) in [5, 5.41) is 16.3. The molecule has 24 heavy (non-hydrogen) atoms. The maximum atomic E-state index is 12.2. The van der Waals surface area contributed by atoms with Gasteiger partial charge in [0.15, 0.2) is 0 Å². The Labute approximate surface area is 143 Å². The number of anilines is 1. The molecular weight excluding hydrogens is 302 g/mol. The maximum absolute atomic E-state index is 12.2. The van der Waals surface area contributed by atoms with E-state index in [9.17, 15) is 9.90 Å². The van der Waals surface area contributed by atoms with Gasteiger partial charge in [0.05, 0.1) is 0 Å². The number of aliphatic hydroxyl groups is 1. The molecule has 3 rings (SSSR count). The molecule has 5 nitrogen and oxygen atoms in total. The Morgan fingerprint density at radius 3 is 2.75 bits per heavy atom. The molecule has 3 N–H and O–H groups in total. The Morgan fingerprint density at radius 2 is 2.04 bits per heavy atom. The van der Waals surface area contributed by atoms with Crippen molar-refractivity contribution >= 4 is 22.6 Å². The molecule has 5 heteroatoms. The summed E-state index contributed by atoms with van der Waals surface area (Å²) in [4.78, 5) is 12.2. The number of nitrogens with one attached hydrogen (secondary N) is 2. The smallest absolute Gasteiger partial charge is 0.319 e. The summed E-state index contributed by atoms with van der Waals surface area (Å²) in [6.45, 7) is 3.43. The van der Waals surface area contributed by atoms with Crippen molar-refractivity contribution in [2.24, 2.45) is 5.92 Å². The fourth-order valence-electron chi connectivity index (χ4n) is 3.56. The van der Waals surface area contributed by atoms with E-state index in [2.05, 4.69) is 40.5 Å². The van der Waals surface area contributed by atoms with Gasteiger partial charge < -0.3 is 20.3 Å². The van der Waals surface area contributed by atoms with Crippen molar-refractivity contribution in [2.75, 3.05) is 11.9 Å². The first-order valence-corrected chi connectivity index (χ1v) is 8.97. The number of urea groups is 1. The number of benzene rings is 1. The number of amides is 2. The van der Waals surface area contributed by atoms with Crippen LogP contribution in [0.25, 0.3) is 10.9 Å². The summed E-state index contributed by atoms with van der Waals surface area (Å²) < 4.78 is 2.23. The first-order chi connectivity index (χ1) is 11.7. The van der Waals surface area contributed by atoms with Crippen molar-refractivity contribution < 1.29 is 9.90 Å². The molecule has 1 fully saturated rings. The van der Waals surface area contributed by atoms with E-state index >= 15 is 0 Å². The number of carbonyl (C=O) groups is 1. The summed E-state index contributed by atoms with van der Waals surface area (Å²) in [5.41, 5.74) is 2.02. The predicted molar refractivity (Wildman–Crippen MR) is 97.2 cm³/mol. The van der Waals surface area contributed by atoms with Crippen molar-refractivity contribution in [1.82, 2.24) is 9.88 Å². The van der Waals surface area contributed by atoms with Crippen LogP contribution in [0.3, 0.4) is 0 Å². The van der Waals surface area contributed by atoms with E-state index in [1.165, 1.54) is 5.52 Å². The Balaban J connectivity index is 1.57. The Kier molecular flexibility index (Phi) is 5.41. The minimum atomic E-state index is -0.144. The number of nitrogens with zero attached hydrogens (tertiary/aromatic N) is 1. The van der Waals surface area contributed by atoms with Crippen LogP contribution in [-0.4, -0.2) is 28.4 Å². The van der Waals surface area contributed by atoms with Gasteiger partial charge in [0.2, 0.25) is 0 Å². The molecule has 1 aromatic heterocycles. The van der Waals surface area contributed by atoms with Gasteiger partial charge in [-0.15, -0.1) is 0 Å². The Morgan fingerprint density at radius 1 is 1.25 bits per heavy atom. The Hall–Kier alpha value is -2.01. The Bertz CT molecular complexity index is 687. The molecule has 0 atom stereocenters. The van der Waals surface area contributed by atoms with Crippen LogP contribution in [-0.2, 0) is 6.54 Å². The highest BCUT2D eigenvalue weighted by Crippen LogP contribution is 2.24. The van der Waals surface area contributed by atoms with Crippen LogP contribution < -0.4 is 10.6 Å². The van der Waals surface area contributed by atoms with Crippen LogP contribution in [0.2, 0.25) is 0 Å². The quantitative estimate of drug-likeness (QED) is 0.782. The zero-order valence-electron chi connectivity index (χ0n) is 14.3. The molecule has 1 aliphatic rings. The number of aryl methyl sites for hydroxylation is 1. The molecule has 0 radical (unpaired) electrons. The van der Waals surface area contributed by atoms with Crippen molar-refractivity contribution in [3.05, 3.63) is 30.5 Å². The lowest BCUT2D eigenvalue weighted by Gasteiger charge is -2.27. The number of hydrogen-bond acceptors (Lipinski definition) is 2. The summed E-state index contributed by atoms with van der Waals surface area (Å²) in [6.07, 6.45) is 7.05. The molecule has 1 saturated carbocycles. The van der Waals surface area contributed by atoms with E-state index in [-0.39, 0.29) is 18.7 Å². The third kappa shape index (κ3) is 3.90. The van der Waals surface area contributed by atoms with Gasteiger partial charge in [0, 0.05) is 42.0 Å². The van der Waals surface area contributed by atoms with Crippen molar-refractivity contribution in [2.45, 2.75) is 51.6 Å². The second kappa shape index (κ2) is 7.71. The lowest BCUT2D eigenvalue weighted by Crippen LogP contribution is -2.40. The maximum Gasteiger partial charge on any atom is 0.319 e. The third-order valence-corrected chi connectivity index (χ3v) is 4.93. The van der Waals surface area contributed by atoms with Crippen LogP contribution in [0.15, 0.2) is 30.5 Å². The molecule has 0 spiro atoms. The van der Waals surface area contributed by atoms with Gasteiger partial charge in [-0.2, -0.15) is 0 Å². The van der Waals surface area contributed by atoms with Gasteiger partial charge >= 0.3 is 6.03 Å². The van der Waals surface area contributed by atoms with E-state index in [0.717, 1.165) is 49.7 Å². The summed E-state index contributed by atoms with van der Waals surface area (Å²) in [7, 11) is 0. The minimum Gasteiger partial charge on any atom is -0.396 e. The SMILES string of the molecule is CCCn1ccc2cc(NC(=O)NC3CCC(CO)CC3)ccc21. The first-order valence-electron chi connectivity index (χ1n) is 8.97. The normalized spacial score (nSPS) is 20.9. The number of carbonyl (C=O) groups excluding carboxylic acids is 1. The standard InChI is InChI=1S/C19H27N3O2/c1-2-10-22-11-9-15-12-17(7-8-18(15)22)21-19(24)20-16-5-3-14(13-23)4-6-16/h7-9,11-12,14,16,23H,2-6,10,13H2,1H3,(H2,20,21,24). The summed E-state index contributed by atoms with van der Waals surface area (Å²) in [6, 6.07) is 8.19. The van der Waals surface area contributed by atoms with E-state index in [1.54, 1.807) is 0 Å². The number of fused-ring (bicyclic) bond motifs is 1. The lowest BCUT2D eigenvalue weighted by molar-refractivity contribution is 0.176. The zero-order valence-corrected chi connectivity index (χ0v) is 14.3. The molecule has 0 unspecified atom stereocenters. The van der Waals surface area contributed by atoms with Crippen LogP contribution in [0.1, 0.15) is 39.0 Å². The molecule has 0 aliphatic heterocycles. The van der Waals surface area contributed by atoms with Gasteiger partial charge in [-0.05, 0) is 62.3 Å². The molecule has 1 aliphatic carbocycles. The summed E-state index contributed by atoms with van der Waals surface area (Å²) in [5.74, 6) is 0.403. The molecule has 0 saturated heterocycles. The van der Waals surface area contributed by atoms with Crippen LogP contribution in [0.4, 0.5) is 10.5 Å². The second-order valence-electron chi connectivity index (χ2n) is 6.78. The monoisotopic (exact) mass is 329 g/mol. The van der Waals surface area contributed by atoms with Crippen LogP contribution in [0, 0.1) is 5.92 Å². The summed E-state index contributed by atoms with van der Waals surface area (Å²) >= 11 is 0. The van der Waals surface area contributed by atoms with Crippen LogP contribution in [0.5, 0.6) is 0 Å². The van der Waals surface area contributed by atoms with Gasteiger partial charge in [-0.3, -0.25) is 0 Å². The van der Waals surface area contributed by atoms with E-state index in [1.807, 2.05) is 12.1 Å². The molecular formula is C19H27N3O2. The van der Waals surface area contributed by atoms with Crippen molar-refractivity contribution in [1.29, 1.82) is 0 Å². The third-order valence-electron chi connectivity index (χ3n) is 4.93. The zero-order chi connectivity index (χ0) is 16.9. The predicted octanol–water partition coefficient (Wildman–Crippen LogP) is 3.72. The number of rotatable bonds is 5. The van der Waals surface area contributed by atoms with Gasteiger partial charge in [0.25, 0.3) is 0 Å². The van der Waals surface area contributed by atoms with E-state index < -0.39 is 0 Å². The van der Waals surface area contributed by atoms with Crippen LogP contribution >= 0.6 is 0 Å². The minimum absolute atomic E-state index is 0.144. The molecule has 130 valence electrons.